The van der Waals surface area contributed by atoms with Gasteiger partial charge in [0.05, 0.1) is 17.3 Å². The Morgan fingerprint density at radius 1 is 1.23 bits per heavy atom. The Morgan fingerprint density at radius 2 is 2.09 bits per heavy atom. The summed E-state index contributed by atoms with van der Waals surface area (Å²) in [5.41, 5.74) is 4.66. The average molecular weight is 466 g/mol. The van der Waals surface area contributed by atoms with E-state index in [1.54, 1.807) is 18.2 Å². The van der Waals surface area contributed by atoms with Gasteiger partial charge in [0.2, 0.25) is 0 Å². The number of nitrogens with zero attached hydrogens (tertiary/aromatic N) is 4. The fraction of sp³-hybridized carbons (Fsp3) is 0.259. The van der Waals surface area contributed by atoms with Gasteiger partial charge >= 0.3 is 0 Å². The number of carbonyl (C=O) groups excluding carboxylic acids is 1. The first-order valence-electron chi connectivity index (χ1n) is 11.7. The van der Waals surface area contributed by atoms with Gasteiger partial charge in [-0.1, -0.05) is 18.2 Å². The van der Waals surface area contributed by atoms with Gasteiger partial charge in [-0.25, -0.2) is 4.98 Å². The number of carbonyl (C=O) groups is 1. The molecule has 2 aliphatic rings. The van der Waals surface area contributed by atoms with Crippen LogP contribution in [0.15, 0.2) is 59.7 Å². The minimum Gasteiger partial charge on any atom is -0.486 e. The van der Waals surface area contributed by atoms with Crippen molar-refractivity contribution >= 4 is 11.6 Å². The van der Waals surface area contributed by atoms with Gasteiger partial charge < -0.3 is 19.0 Å². The Kier molecular flexibility index (Phi) is 4.92. The van der Waals surface area contributed by atoms with E-state index < -0.39 is 0 Å². The zero-order valence-electron chi connectivity index (χ0n) is 19.2. The number of nitriles is 1. The zero-order valence-corrected chi connectivity index (χ0v) is 19.2. The maximum Gasteiger partial charge on any atom is 0.266 e. The maximum absolute atomic E-state index is 13.8. The van der Waals surface area contributed by atoms with Crippen molar-refractivity contribution in [2.24, 2.45) is 0 Å². The van der Waals surface area contributed by atoms with E-state index in [9.17, 15) is 14.9 Å². The number of rotatable bonds is 4. The molecule has 0 spiro atoms. The first-order chi connectivity index (χ1) is 17.0. The number of para-hydroxylation sites is 1. The van der Waals surface area contributed by atoms with Crippen molar-refractivity contribution in [2.75, 3.05) is 0 Å². The van der Waals surface area contributed by atoms with Crippen LogP contribution in [0.5, 0.6) is 5.75 Å². The molecule has 1 amide bonds. The van der Waals surface area contributed by atoms with Crippen LogP contribution in [-0.4, -0.2) is 31.2 Å². The molecule has 1 N–H and O–H groups in total. The van der Waals surface area contributed by atoms with E-state index in [0.29, 0.717) is 17.7 Å². The Morgan fingerprint density at radius 3 is 2.94 bits per heavy atom. The second-order valence-electron chi connectivity index (χ2n) is 9.21. The van der Waals surface area contributed by atoms with E-state index in [4.69, 9.17) is 4.74 Å². The normalized spacial score (nSPS) is 18.3. The van der Waals surface area contributed by atoms with E-state index >= 15 is 0 Å². The second-order valence-corrected chi connectivity index (χ2v) is 9.21. The summed E-state index contributed by atoms with van der Waals surface area (Å²) in [7, 11) is 0. The smallest absolute Gasteiger partial charge is 0.266 e. The number of pyridine rings is 2. The molecule has 0 saturated carbocycles. The molecule has 8 nitrogen and oxygen atoms in total. The van der Waals surface area contributed by atoms with Crippen LogP contribution in [-0.2, 0) is 13.0 Å². The molecule has 3 aromatic heterocycles. The maximum atomic E-state index is 13.8. The molecule has 2 atom stereocenters. The third-order valence-electron chi connectivity index (χ3n) is 6.96. The van der Waals surface area contributed by atoms with Crippen molar-refractivity contribution in [2.45, 2.75) is 44.9 Å². The quantitative estimate of drug-likeness (QED) is 0.495. The third kappa shape index (κ3) is 3.56. The highest BCUT2D eigenvalue weighted by Crippen LogP contribution is 2.44. The number of aryl methyl sites for hydroxylation is 1. The van der Waals surface area contributed by atoms with Crippen molar-refractivity contribution in [3.05, 3.63) is 98.9 Å². The summed E-state index contributed by atoms with van der Waals surface area (Å²) in [4.78, 5) is 35.3. The lowest BCUT2D eigenvalue weighted by atomic mass is 9.95. The molecule has 2 bridgehead atoms. The predicted molar refractivity (Wildman–Crippen MR) is 128 cm³/mol. The van der Waals surface area contributed by atoms with Crippen LogP contribution < -0.4 is 10.3 Å². The van der Waals surface area contributed by atoms with Crippen LogP contribution in [0.25, 0.3) is 5.65 Å². The van der Waals surface area contributed by atoms with Crippen molar-refractivity contribution in [3.63, 3.8) is 0 Å². The Labute approximate surface area is 201 Å². The number of H-pyrrole nitrogens is 1. The molecular weight excluding hydrogens is 442 g/mol. The van der Waals surface area contributed by atoms with Crippen molar-refractivity contribution in [3.8, 4) is 11.8 Å². The molecule has 1 aromatic carbocycles. The number of hydrogen-bond donors (Lipinski definition) is 1. The predicted octanol–water partition coefficient (Wildman–Crippen LogP) is 3.68. The minimum absolute atomic E-state index is 0.00155. The summed E-state index contributed by atoms with van der Waals surface area (Å²) in [6.45, 7) is 2.27. The number of amides is 1. The number of benzene rings is 1. The van der Waals surface area contributed by atoms with Crippen LogP contribution in [0.4, 0.5) is 0 Å². The molecule has 5 heterocycles. The van der Waals surface area contributed by atoms with Gasteiger partial charge in [0.15, 0.2) is 0 Å². The fourth-order valence-corrected chi connectivity index (χ4v) is 5.35. The lowest BCUT2D eigenvalue weighted by Crippen LogP contribution is -2.43. The molecule has 1 fully saturated rings. The van der Waals surface area contributed by atoms with Crippen molar-refractivity contribution < 1.29 is 9.53 Å². The SMILES string of the molecule is Cc1ccc2nc(COc3ccccc3C(=O)N3C4CCC3c3cc(C#N)c(=O)[nH]c3C4)cn2c1. The number of ether oxygens (including phenoxy) is 1. The molecule has 0 aliphatic carbocycles. The van der Waals surface area contributed by atoms with E-state index in [2.05, 4.69) is 9.97 Å². The van der Waals surface area contributed by atoms with Crippen molar-refractivity contribution in [1.29, 1.82) is 5.26 Å². The Balaban J connectivity index is 1.28. The molecule has 0 radical (unpaired) electrons. The van der Waals surface area contributed by atoms with Gasteiger partial charge in [-0.05, 0) is 55.2 Å². The summed E-state index contributed by atoms with van der Waals surface area (Å²) in [6, 6.07) is 14.7. The number of nitrogens with one attached hydrogen (secondary N) is 1. The first-order valence-corrected chi connectivity index (χ1v) is 11.7. The Bertz CT molecular complexity index is 1580. The van der Waals surface area contributed by atoms with Crippen LogP contribution in [0.1, 0.15) is 57.3 Å². The number of fused-ring (bicyclic) bond motifs is 5. The standard InChI is InChI=1S/C27H23N5O3/c1-16-6-9-25-29-18(14-31(25)13-16)15-35-24-5-3-2-4-20(24)27(34)32-19-7-8-23(32)21-10-17(12-28)26(33)30-22(21)11-19/h2-6,9-10,13-14,19,23H,7-8,11,15H2,1H3,(H,30,33). The molecule has 174 valence electrons. The van der Waals surface area contributed by atoms with E-state index in [1.807, 2.05) is 59.0 Å². The van der Waals surface area contributed by atoms with Crippen LogP contribution in [0, 0.1) is 18.3 Å². The van der Waals surface area contributed by atoms with E-state index in [0.717, 1.165) is 41.0 Å². The van der Waals surface area contributed by atoms with Gasteiger partial charge in [-0.15, -0.1) is 0 Å². The number of imidazole rings is 1. The van der Waals surface area contributed by atoms with E-state index in [1.165, 1.54) is 0 Å². The summed E-state index contributed by atoms with van der Waals surface area (Å²) < 4.78 is 8.06. The molecule has 6 rings (SSSR count). The molecule has 8 heteroatoms. The zero-order chi connectivity index (χ0) is 24.1. The Hall–Kier alpha value is -4.38. The van der Waals surface area contributed by atoms with Crippen LogP contribution in [0.3, 0.4) is 0 Å². The van der Waals surface area contributed by atoms with Crippen molar-refractivity contribution in [1.82, 2.24) is 19.3 Å². The molecule has 2 unspecified atom stereocenters. The van der Waals surface area contributed by atoms with Gasteiger partial charge in [0.25, 0.3) is 11.5 Å². The number of hydrogen-bond acceptors (Lipinski definition) is 5. The summed E-state index contributed by atoms with van der Waals surface area (Å²) in [6.07, 6.45) is 6.16. The average Bonchev–Trinajstić information content (AvgIpc) is 3.41. The topological polar surface area (TPSA) is 103 Å². The summed E-state index contributed by atoms with van der Waals surface area (Å²) in [5.74, 6) is 0.407. The fourth-order valence-electron chi connectivity index (χ4n) is 5.35. The number of aromatic nitrogens is 3. The van der Waals surface area contributed by atoms with E-state index in [-0.39, 0.29) is 35.7 Å². The lowest BCUT2D eigenvalue weighted by molar-refractivity contribution is 0.0639. The minimum atomic E-state index is -0.369. The highest BCUT2D eigenvalue weighted by Gasteiger charge is 2.44. The third-order valence-corrected chi connectivity index (χ3v) is 6.96. The first kappa shape index (κ1) is 21.2. The van der Waals surface area contributed by atoms with Crippen LogP contribution in [0.2, 0.25) is 0 Å². The van der Waals surface area contributed by atoms with Gasteiger partial charge in [0.1, 0.15) is 29.6 Å². The molecule has 1 saturated heterocycles. The highest BCUT2D eigenvalue weighted by molar-refractivity contribution is 5.97. The van der Waals surface area contributed by atoms with Gasteiger partial charge in [-0.2, -0.15) is 5.26 Å². The summed E-state index contributed by atoms with van der Waals surface area (Å²) in [5, 5.41) is 9.32. The van der Waals surface area contributed by atoms with Gasteiger partial charge in [-0.3, -0.25) is 9.59 Å². The summed E-state index contributed by atoms with van der Waals surface area (Å²) >= 11 is 0. The molecule has 4 aromatic rings. The second kappa shape index (κ2) is 8.13. The molecular formula is C27H23N5O3. The van der Waals surface area contributed by atoms with Crippen LogP contribution >= 0.6 is 0 Å². The molecule has 35 heavy (non-hydrogen) atoms. The largest absolute Gasteiger partial charge is 0.486 e. The number of aromatic amines is 1. The lowest BCUT2D eigenvalue weighted by Gasteiger charge is -2.36. The molecule has 2 aliphatic heterocycles. The van der Waals surface area contributed by atoms with Gasteiger partial charge in [0, 0.05) is 30.6 Å². The monoisotopic (exact) mass is 465 g/mol. The highest BCUT2D eigenvalue weighted by atomic mass is 16.5.